The number of hydrogen-bond acceptors (Lipinski definition) is 1. The minimum atomic E-state index is -2.02. The number of rotatable bonds is 4. The van der Waals surface area contributed by atoms with E-state index in [1.54, 1.807) is 5.70 Å². The standard InChI is InChI=1S/C9H18OSi/c1-5-11(4,10)8-6-7-9(2)3/h5,7,10H,1,6,8H2,2-4H3/t11-/m1/s1. The molecule has 0 rings (SSSR count). The van der Waals surface area contributed by atoms with Crippen LogP contribution in [0.4, 0.5) is 0 Å². The summed E-state index contributed by atoms with van der Waals surface area (Å²) in [6, 6.07) is 0.891. The minimum absolute atomic E-state index is 0.891. The molecule has 0 radical (unpaired) electrons. The van der Waals surface area contributed by atoms with E-state index < -0.39 is 8.32 Å². The van der Waals surface area contributed by atoms with Gasteiger partial charge in [0.1, 0.15) is 0 Å². The monoisotopic (exact) mass is 170 g/mol. The maximum Gasteiger partial charge on any atom is 0.209 e. The molecule has 2 heteroatoms. The van der Waals surface area contributed by atoms with Crippen molar-refractivity contribution < 1.29 is 4.80 Å². The molecule has 0 unspecified atom stereocenters. The zero-order chi connectivity index (χ0) is 8.91. The quantitative estimate of drug-likeness (QED) is 0.508. The van der Waals surface area contributed by atoms with Crippen LogP contribution in [0.25, 0.3) is 0 Å². The Kier molecular flexibility index (Phi) is 4.38. The summed E-state index contributed by atoms with van der Waals surface area (Å²) in [7, 11) is -2.02. The second-order valence-corrected chi connectivity index (χ2v) is 7.00. The lowest BCUT2D eigenvalue weighted by Gasteiger charge is -2.12. The van der Waals surface area contributed by atoms with Crippen molar-refractivity contribution in [3.05, 3.63) is 23.9 Å². The highest BCUT2D eigenvalue weighted by Gasteiger charge is 2.17. The van der Waals surface area contributed by atoms with Gasteiger partial charge in [-0.2, -0.15) is 0 Å². The van der Waals surface area contributed by atoms with Gasteiger partial charge in [0, 0.05) is 0 Å². The largest absolute Gasteiger partial charge is 0.428 e. The molecular weight excluding hydrogens is 152 g/mol. The third-order valence-corrected chi connectivity index (χ3v) is 3.82. The summed E-state index contributed by atoms with van der Waals surface area (Å²) in [4.78, 5) is 9.63. The Balaban J connectivity index is 3.71. The number of hydrogen-bond donors (Lipinski definition) is 1. The van der Waals surface area contributed by atoms with Gasteiger partial charge in [0.2, 0.25) is 8.32 Å². The molecule has 0 aromatic rings. The van der Waals surface area contributed by atoms with E-state index in [9.17, 15) is 4.80 Å². The zero-order valence-electron chi connectivity index (χ0n) is 7.72. The van der Waals surface area contributed by atoms with E-state index in [1.807, 2.05) is 6.55 Å². The van der Waals surface area contributed by atoms with Crippen LogP contribution in [0, 0.1) is 0 Å². The highest BCUT2D eigenvalue weighted by molar-refractivity contribution is 6.76. The Labute approximate surface area is 70.6 Å². The molecule has 1 nitrogen and oxygen atoms in total. The Morgan fingerprint density at radius 1 is 1.55 bits per heavy atom. The lowest BCUT2D eigenvalue weighted by Crippen LogP contribution is -2.26. The SMILES string of the molecule is C=C[Si@@](C)(O)CCC=C(C)C. The van der Waals surface area contributed by atoms with Gasteiger partial charge in [-0.25, -0.2) is 0 Å². The third-order valence-electron chi connectivity index (χ3n) is 1.64. The lowest BCUT2D eigenvalue weighted by molar-refractivity contribution is 0.555. The predicted molar refractivity (Wildman–Crippen MR) is 52.9 cm³/mol. The van der Waals surface area contributed by atoms with Crippen LogP contribution < -0.4 is 0 Å². The van der Waals surface area contributed by atoms with Crippen molar-refractivity contribution in [2.45, 2.75) is 32.9 Å². The van der Waals surface area contributed by atoms with Crippen molar-refractivity contribution in [1.29, 1.82) is 0 Å². The van der Waals surface area contributed by atoms with Crippen molar-refractivity contribution in [2.75, 3.05) is 0 Å². The molecule has 0 amide bonds. The number of allylic oxidation sites excluding steroid dienone is 2. The first-order valence-corrected chi connectivity index (χ1v) is 6.70. The van der Waals surface area contributed by atoms with E-state index in [0.717, 1.165) is 12.5 Å². The van der Waals surface area contributed by atoms with E-state index in [4.69, 9.17) is 0 Å². The molecule has 11 heavy (non-hydrogen) atoms. The van der Waals surface area contributed by atoms with E-state index in [1.165, 1.54) is 5.57 Å². The molecule has 0 aromatic heterocycles. The van der Waals surface area contributed by atoms with Gasteiger partial charge in [0.25, 0.3) is 0 Å². The van der Waals surface area contributed by atoms with Gasteiger partial charge in [0.15, 0.2) is 0 Å². The van der Waals surface area contributed by atoms with Gasteiger partial charge < -0.3 is 4.80 Å². The van der Waals surface area contributed by atoms with E-state index in [2.05, 4.69) is 26.5 Å². The summed E-state index contributed by atoms with van der Waals surface area (Å²) >= 11 is 0. The zero-order valence-corrected chi connectivity index (χ0v) is 8.72. The summed E-state index contributed by atoms with van der Waals surface area (Å²) in [5.41, 5.74) is 3.05. The summed E-state index contributed by atoms with van der Waals surface area (Å²) in [5.74, 6) is 0. The Hall–Kier alpha value is -0.343. The van der Waals surface area contributed by atoms with Crippen molar-refractivity contribution in [3.8, 4) is 0 Å². The highest BCUT2D eigenvalue weighted by atomic mass is 28.4. The molecule has 0 aliphatic carbocycles. The van der Waals surface area contributed by atoms with Crippen molar-refractivity contribution in [1.82, 2.24) is 0 Å². The molecule has 0 spiro atoms. The molecule has 0 fully saturated rings. The molecular formula is C9H18OSi. The summed E-state index contributed by atoms with van der Waals surface area (Å²) < 4.78 is 0. The lowest BCUT2D eigenvalue weighted by atomic mass is 10.3. The smallest absolute Gasteiger partial charge is 0.209 e. The van der Waals surface area contributed by atoms with E-state index in [-0.39, 0.29) is 0 Å². The van der Waals surface area contributed by atoms with Crippen LogP contribution in [0.15, 0.2) is 23.9 Å². The average Bonchev–Trinajstić information content (AvgIpc) is 1.87. The second kappa shape index (κ2) is 4.52. The van der Waals surface area contributed by atoms with Gasteiger partial charge in [-0.3, -0.25) is 0 Å². The molecule has 0 saturated carbocycles. The fraction of sp³-hybridized carbons (Fsp3) is 0.556. The predicted octanol–water partition coefficient (Wildman–Crippen LogP) is 2.64. The van der Waals surface area contributed by atoms with Crippen molar-refractivity contribution in [3.63, 3.8) is 0 Å². The molecule has 0 aliphatic rings. The summed E-state index contributed by atoms with van der Waals surface area (Å²) in [5, 5.41) is 0. The topological polar surface area (TPSA) is 20.2 Å². The van der Waals surface area contributed by atoms with Crippen LogP contribution in [-0.2, 0) is 0 Å². The van der Waals surface area contributed by atoms with Gasteiger partial charge in [-0.1, -0.05) is 17.3 Å². The summed E-state index contributed by atoms with van der Waals surface area (Å²) in [6.45, 7) is 9.68. The van der Waals surface area contributed by atoms with Crippen LogP contribution in [0.5, 0.6) is 0 Å². The van der Waals surface area contributed by atoms with Gasteiger partial charge in [-0.05, 0) is 32.9 Å². The molecule has 64 valence electrons. The molecule has 0 aromatic carbocycles. The van der Waals surface area contributed by atoms with Crippen LogP contribution in [-0.4, -0.2) is 13.1 Å². The van der Waals surface area contributed by atoms with Crippen molar-refractivity contribution in [2.24, 2.45) is 0 Å². The highest BCUT2D eigenvalue weighted by Crippen LogP contribution is 2.10. The Morgan fingerprint density at radius 2 is 2.09 bits per heavy atom. The van der Waals surface area contributed by atoms with Gasteiger partial charge >= 0.3 is 0 Å². The van der Waals surface area contributed by atoms with Crippen LogP contribution in [0.3, 0.4) is 0 Å². The third kappa shape index (κ3) is 6.07. The fourth-order valence-electron chi connectivity index (χ4n) is 0.755. The Morgan fingerprint density at radius 3 is 2.45 bits per heavy atom. The first-order chi connectivity index (χ1) is 4.98. The molecule has 0 heterocycles. The molecule has 0 saturated heterocycles. The first-order valence-electron chi connectivity index (χ1n) is 3.97. The molecule has 1 N–H and O–H groups in total. The van der Waals surface area contributed by atoms with Gasteiger partial charge in [0.05, 0.1) is 0 Å². The normalized spacial score (nSPS) is 15.3. The minimum Gasteiger partial charge on any atom is -0.428 e. The molecule has 1 atom stereocenters. The van der Waals surface area contributed by atoms with Crippen LogP contribution >= 0.6 is 0 Å². The van der Waals surface area contributed by atoms with Crippen LogP contribution in [0.1, 0.15) is 20.3 Å². The second-order valence-electron chi connectivity index (χ2n) is 3.38. The Bertz CT molecular complexity index is 155. The maximum atomic E-state index is 9.63. The maximum absolute atomic E-state index is 9.63. The van der Waals surface area contributed by atoms with E-state index >= 15 is 0 Å². The van der Waals surface area contributed by atoms with Crippen LogP contribution in [0.2, 0.25) is 12.6 Å². The summed E-state index contributed by atoms with van der Waals surface area (Å²) in [6.07, 6.45) is 3.14. The fourth-order valence-corrected chi connectivity index (χ4v) is 1.69. The molecule has 0 bridgehead atoms. The molecule has 0 aliphatic heterocycles. The van der Waals surface area contributed by atoms with Gasteiger partial charge in [-0.15, -0.1) is 6.58 Å². The van der Waals surface area contributed by atoms with Crippen molar-refractivity contribution >= 4 is 8.32 Å². The first kappa shape index (κ1) is 10.7. The van der Waals surface area contributed by atoms with E-state index in [0.29, 0.717) is 0 Å². The average molecular weight is 170 g/mol.